The molecule has 2 atom stereocenters. The lowest BCUT2D eigenvalue weighted by molar-refractivity contribution is -0.270. The van der Waals surface area contributed by atoms with Gasteiger partial charge in [-0.25, -0.2) is 0 Å². The topological polar surface area (TPSA) is 138 Å². The van der Waals surface area contributed by atoms with Crippen LogP contribution in [0.4, 0.5) is 5.69 Å². The summed E-state index contributed by atoms with van der Waals surface area (Å²) in [5.41, 5.74) is 10.6. The molecule has 0 unspecified atom stereocenters. The lowest BCUT2D eigenvalue weighted by Crippen LogP contribution is -2.80. The Bertz CT molecular complexity index is 904. The van der Waals surface area contributed by atoms with E-state index in [4.69, 9.17) is 23.1 Å². The highest BCUT2D eigenvalue weighted by molar-refractivity contribution is 7.84. The van der Waals surface area contributed by atoms with Crippen LogP contribution >= 0.6 is 11.6 Å². The number of nitrogens with zero attached hydrogens (tertiary/aromatic N) is 1. The van der Waals surface area contributed by atoms with Crippen LogP contribution in [0.25, 0.3) is 0 Å². The summed E-state index contributed by atoms with van der Waals surface area (Å²) in [5, 5.41) is 0.576. The maximum atomic E-state index is 12.6. The van der Waals surface area contributed by atoms with E-state index in [1.54, 1.807) is 6.08 Å². The van der Waals surface area contributed by atoms with E-state index in [1.165, 1.54) is 24.3 Å². The molecule has 0 spiro atoms. The summed E-state index contributed by atoms with van der Waals surface area (Å²) in [6, 6.07) is 5.33. The number of benzene rings is 1. The molecule has 2 aliphatic rings. The predicted octanol–water partition coefficient (Wildman–Crippen LogP) is -1.25. The highest BCUT2D eigenvalue weighted by Gasteiger charge is 2.48. The van der Waals surface area contributed by atoms with Crippen molar-refractivity contribution in [2.45, 2.75) is 17.7 Å². The molecule has 5 N–H and O–H groups in total. The molecule has 0 saturated carbocycles. The lowest BCUT2D eigenvalue weighted by Gasteiger charge is -2.17. The van der Waals surface area contributed by atoms with Gasteiger partial charge in [0.05, 0.1) is 17.5 Å². The van der Waals surface area contributed by atoms with Gasteiger partial charge in [0.1, 0.15) is 4.90 Å². The fourth-order valence-electron chi connectivity index (χ4n) is 3.07. The Hall–Kier alpha value is -2.39. The third kappa shape index (κ3) is 3.12. The third-order valence-corrected chi connectivity index (χ3v) is 5.93. The van der Waals surface area contributed by atoms with Crippen molar-refractivity contribution in [3.8, 4) is 0 Å². The monoisotopic (exact) mass is 383 g/mol. The van der Waals surface area contributed by atoms with Gasteiger partial charge < -0.3 is 0 Å². The summed E-state index contributed by atoms with van der Waals surface area (Å²) >= 11 is 5.99. The van der Waals surface area contributed by atoms with Crippen LogP contribution in [0.2, 0.25) is 0 Å². The summed E-state index contributed by atoms with van der Waals surface area (Å²) in [4.78, 5) is 26.1. The largest absolute Gasteiger partial charge is 0.353 e. The van der Waals surface area contributed by atoms with Crippen LogP contribution in [0.3, 0.4) is 0 Å². The molecular formula is C15H16ClN4O4S+. The van der Waals surface area contributed by atoms with Gasteiger partial charge in [0.2, 0.25) is 11.8 Å². The summed E-state index contributed by atoms with van der Waals surface area (Å²) in [7, 11) is -3.91. The number of imide groups is 1. The van der Waals surface area contributed by atoms with Crippen LogP contribution < -0.4 is 20.8 Å². The Morgan fingerprint density at radius 2 is 1.72 bits per heavy atom. The average molecular weight is 384 g/mol. The molecule has 10 heteroatoms. The highest BCUT2D eigenvalue weighted by Crippen LogP contribution is 2.40. The summed E-state index contributed by atoms with van der Waals surface area (Å²) < 4.78 is 25.9. The van der Waals surface area contributed by atoms with Gasteiger partial charge in [0.25, 0.3) is 0 Å². The van der Waals surface area contributed by atoms with Gasteiger partial charge in [-0.1, -0.05) is 17.7 Å². The molecule has 132 valence electrons. The van der Waals surface area contributed by atoms with Crippen molar-refractivity contribution in [1.29, 1.82) is 0 Å². The summed E-state index contributed by atoms with van der Waals surface area (Å²) in [6.45, 7) is 0. The van der Waals surface area contributed by atoms with Crippen LogP contribution in [0, 0.1) is 11.8 Å². The van der Waals surface area contributed by atoms with E-state index in [2.05, 4.69) is 0 Å². The molecule has 1 aromatic rings. The van der Waals surface area contributed by atoms with Crippen molar-refractivity contribution < 1.29 is 22.4 Å². The number of guanidine groups is 1. The van der Waals surface area contributed by atoms with E-state index in [0.717, 1.165) is 4.90 Å². The number of carbonyl (C=O) groups excluding carboxylic acids is 2. The van der Waals surface area contributed by atoms with E-state index < -0.39 is 27.8 Å². The number of hydrogen-bond acceptors (Lipinski definition) is 4. The number of rotatable bonds is 3. The molecule has 0 bridgehead atoms. The van der Waals surface area contributed by atoms with E-state index in [9.17, 15) is 18.0 Å². The number of amides is 2. The number of nitrogens with two attached hydrogens (primary N) is 2. The maximum Gasteiger partial charge on any atom is 0.353 e. The standard InChI is InChI=1S/C15H15ClN4O4S/c16-8-1-6-11-12(7-8)14(22)20(13(11)21)9-2-4-10(5-3-9)25(23,24)19-15(17)18/h1-5,11-12H,6-7H2,(H4,17,18,19)/p+1/t11-,12-/m0/s1. The van der Waals surface area contributed by atoms with Gasteiger partial charge in [0.15, 0.2) is 0 Å². The first-order chi connectivity index (χ1) is 11.7. The minimum atomic E-state index is -3.91. The fourth-order valence-corrected chi connectivity index (χ4v) is 4.25. The van der Waals surface area contributed by atoms with Crippen LogP contribution in [-0.2, 0) is 19.6 Å². The van der Waals surface area contributed by atoms with Gasteiger partial charge >= 0.3 is 16.0 Å². The van der Waals surface area contributed by atoms with E-state index in [1.807, 2.05) is 4.40 Å². The molecule has 1 saturated heterocycles. The van der Waals surface area contributed by atoms with Crippen LogP contribution in [0.15, 0.2) is 40.3 Å². The Kier molecular flexibility index (Phi) is 4.29. The first-order valence-corrected chi connectivity index (χ1v) is 9.30. The highest BCUT2D eigenvalue weighted by atomic mass is 35.5. The molecule has 1 heterocycles. The van der Waals surface area contributed by atoms with Crippen LogP contribution in [-0.4, -0.2) is 26.2 Å². The van der Waals surface area contributed by atoms with E-state index in [-0.39, 0.29) is 16.7 Å². The van der Waals surface area contributed by atoms with Crippen molar-refractivity contribution in [2.24, 2.45) is 23.3 Å². The zero-order valence-electron chi connectivity index (χ0n) is 13.0. The number of carbonyl (C=O) groups is 2. The second-order valence-corrected chi connectivity index (χ2v) is 8.04. The van der Waals surface area contributed by atoms with Crippen molar-refractivity contribution in [1.82, 2.24) is 0 Å². The molecule has 1 aliphatic heterocycles. The van der Waals surface area contributed by atoms with Gasteiger partial charge in [-0.2, -0.15) is 12.8 Å². The number of nitrogens with one attached hydrogen (secondary N) is 1. The number of sulfonamides is 1. The first kappa shape index (κ1) is 17.4. The van der Waals surface area contributed by atoms with E-state index >= 15 is 0 Å². The smallest absolute Gasteiger partial charge is 0.290 e. The third-order valence-electron chi connectivity index (χ3n) is 4.23. The Morgan fingerprint density at radius 1 is 1.12 bits per heavy atom. The molecule has 1 fully saturated rings. The predicted molar refractivity (Wildman–Crippen MR) is 90.6 cm³/mol. The Balaban J connectivity index is 1.90. The number of halogens is 1. The molecule has 1 aromatic carbocycles. The molecule has 0 aromatic heterocycles. The molecule has 2 amide bonds. The zero-order chi connectivity index (χ0) is 18.4. The molecule has 3 rings (SSSR count). The molecular weight excluding hydrogens is 368 g/mol. The van der Waals surface area contributed by atoms with Gasteiger partial charge in [0, 0.05) is 5.03 Å². The minimum Gasteiger partial charge on any atom is -0.290 e. The Labute approximate surface area is 149 Å². The Morgan fingerprint density at radius 3 is 2.32 bits per heavy atom. The SMILES string of the molecule is NC(N)=[NH+]S(=O)(=O)c1ccc(N2C(=O)[C@H]3CC=C(Cl)C[C@@H]3C2=O)cc1. The number of hydrogen-bond donors (Lipinski definition) is 3. The fraction of sp³-hybridized carbons (Fsp3) is 0.267. The molecule has 8 nitrogen and oxygen atoms in total. The van der Waals surface area contributed by atoms with Crippen molar-refractivity contribution in [2.75, 3.05) is 4.90 Å². The molecule has 1 aliphatic carbocycles. The zero-order valence-corrected chi connectivity index (χ0v) is 14.5. The lowest BCUT2D eigenvalue weighted by atomic mass is 9.85. The minimum absolute atomic E-state index is 0.0918. The van der Waals surface area contributed by atoms with Crippen molar-refractivity contribution in [3.05, 3.63) is 35.4 Å². The van der Waals surface area contributed by atoms with Crippen molar-refractivity contribution >= 4 is 45.1 Å². The normalized spacial score (nSPS) is 23.2. The van der Waals surface area contributed by atoms with Crippen LogP contribution in [0.5, 0.6) is 0 Å². The second kappa shape index (κ2) is 6.16. The van der Waals surface area contributed by atoms with Crippen molar-refractivity contribution in [3.63, 3.8) is 0 Å². The number of allylic oxidation sites excluding steroid dienone is 2. The van der Waals surface area contributed by atoms with E-state index in [0.29, 0.717) is 23.6 Å². The van der Waals surface area contributed by atoms with Crippen LogP contribution in [0.1, 0.15) is 12.8 Å². The number of fused-ring (bicyclic) bond motifs is 1. The second-order valence-electron chi connectivity index (χ2n) is 5.87. The summed E-state index contributed by atoms with van der Waals surface area (Å²) in [5.74, 6) is -1.98. The molecule has 25 heavy (non-hydrogen) atoms. The first-order valence-electron chi connectivity index (χ1n) is 7.44. The summed E-state index contributed by atoms with van der Waals surface area (Å²) in [6.07, 6.45) is 2.52. The van der Waals surface area contributed by atoms with Gasteiger partial charge in [-0.05, 0) is 37.1 Å². The van der Waals surface area contributed by atoms with Gasteiger partial charge in [-0.3, -0.25) is 26.0 Å². The maximum absolute atomic E-state index is 12.6. The van der Waals surface area contributed by atoms with Gasteiger partial charge in [-0.15, -0.1) is 0 Å². The molecule has 0 radical (unpaired) electrons. The number of anilines is 1. The quantitative estimate of drug-likeness (QED) is 0.339. The average Bonchev–Trinajstić information content (AvgIpc) is 2.77.